The molecule has 0 saturated carbocycles. The van der Waals surface area contributed by atoms with E-state index >= 15 is 0 Å². The first-order valence-electron chi connectivity index (χ1n) is 4.51. The summed E-state index contributed by atoms with van der Waals surface area (Å²) in [4.78, 5) is 12.5. The molecule has 1 N–H and O–H groups in total. The number of aromatic carboxylic acids is 1. The zero-order chi connectivity index (χ0) is 9.42. The van der Waals surface area contributed by atoms with Gasteiger partial charge in [0.25, 0.3) is 0 Å². The first-order chi connectivity index (χ1) is 6.16. The van der Waals surface area contributed by atoms with Crippen LogP contribution in [-0.2, 0) is 12.8 Å². The summed E-state index contributed by atoms with van der Waals surface area (Å²) < 4.78 is 0. The summed E-state index contributed by atoms with van der Waals surface area (Å²) in [5.74, 6) is -0.0696. The van der Waals surface area contributed by atoms with E-state index in [-0.39, 0.29) is 0 Å². The van der Waals surface area contributed by atoms with Crippen LogP contribution in [0.4, 0.5) is 0 Å². The van der Waals surface area contributed by atoms with Gasteiger partial charge < -0.3 is 5.11 Å². The Morgan fingerprint density at radius 2 is 2.46 bits per heavy atom. The van der Waals surface area contributed by atoms with Crippen LogP contribution in [0.2, 0.25) is 0 Å². The van der Waals surface area contributed by atoms with Crippen LogP contribution in [-0.4, -0.2) is 11.1 Å². The second-order valence-electron chi connectivity index (χ2n) is 3.71. The molecule has 0 unspecified atom stereocenters. The molecule has 0 aromatic carbocycles. The molecular weight excluding hydrogens is 184 g/mol. The van der Waals surface area contributed by atoms with Crippen molar-refractivity contribution < 1.29 is 9.90 Å². The van der Waals surface area contributed by atoms with Crippen LogP contribution >= 0.6 is 11.3 Å². The molecule has 1 heterocycles. The first-order valence-corrected chi connectivity index (χ1v) is 5.33. The van der Waals surface area contributed by atoms with Crippen LogP contribution in [0.15, 0.2) is 6.07 Å². The summed E-state index contributed by atoms with van der Waals surface area (Å²) in [6.07, 6.45) is 3.32. The van der Waals surface area contributed by atoms with E-state index in [4.69, 9.17) is 5.11 Å². The molecule has 2 nitrogen and oxygen atoms in total. The Balaban J connectivity index is 2.33. The smallest absolute Gasteiger partial charge is 0.345 e. The highest BCUT2D eigenvalue weighted by atomic mass is 32.1. The minimum Gasteiger partial charge on any atom is -0.477 e. The topological polar surface area (TPSA) is 37.3 Å². The fourth-order valence-electron chi connectivity index (χ4n) is 1.78. The van der Waals surface area contributed by atoms with E-state index in [2.05, 4.69) is 6.92 Å². The standard InChI is InChI=1S/C10H12O2S/c1-6-2-3-7-5-9(10(11)12)13-8(7)4-6/h5-6H,2-4H2,1H3,(H,11,12)/t6-/m1/s1. The predicted octanol–water partition coefficient (Wildman–Crippen LogP) is 2.57. The maximum absolute atomic E-state index is 10.7. The molecule has 0 fully saturated rings. The number of carbonyl (C=O) groups is 1. The van der Waals surface area contributed by atoms with E-state index in [0.717, 1.165) is 12.8 Å². The van der Waals surface area contributed by atoms with Crippen LogP contribution < -0.4 is 0 Å². The van der Waals surface area contributed by atoms with Crippen molar-refractivity contribution in [3.05, 3.63) is 21.4 Å². The van der Waals surface area contributed by atoms with Crippen molar-refractivity contribution in [2.75, 3.05) is 0 Å². The lowest BCUT2D eigenvalue weighted by Crippen LogP contribution is -2.07. The maximum atomic E-state index is 10.7. The number of aryl methyl sites for hydroxylation is 1. The number of carboxylic acids is 1. The van der Waals surface area contributed by atoms with Crippen molar-refractivity contribution in [3.63, 3.8) is 0 Å². The summed E-state index contributed by atoms with van der Waals surface area (Å²) in [6.45, 7) is 2.23. The van der Waals surface area contributed by atoms with Gasteiger partial charge in [-0.2, -0.15) is 0 Å². The van der Waals surface area contributed by atoms with Crippen molar-refractivity contribution in [1.82, 2.24) is 0 Å². The van der Waals surface area contributed by atoms with E-state index in [0.29, 0.717) is 10.8 Å². The van der Waals surface area contributed by atoms with Gasteiger partial charge in [0.05, 0.1) is 0 Å². The molecule has 0 spiro atoms. The molecule has 1 atom stereocenters. The minimum atomic E-state index is -0.785. The van der Waals surface area contributed by atoms with Gasteiger partial charge in [0.2, 0.25) is 0 Å². The van der Waals surface area contributed by atoms with Gasteiger partial charge in [-0.05, 0) is 36.8 Å². The Morgan fingerprint density at radius 1 is 1.69 bits per heavy atom. The van der Waals surface area contributed by atoms with Crippen LogP contribution in [0.3, 0.4) is 0 Å². The molecule has 0 aliphatic heterocycles. The van der Waals surface area contributed by atoms with Gasteiger partial charge >= 0.3 is 5.97 Å². The maximum Gasteiger partial charge on any atom is 0.345 e. The first kappa shape index (κ1) is 8.75. The average Bonchev–Trinajstić information content (AvgIpc) is 2.46. The van der Waals surface area contributed by atoms with Crippen molar-refractivity contribution in [2.45, 2.75) is 26.2 Å². The third kappa shape index (κ3) is 1.61. The van der Waals surface area contributed by atoms with Crippen LogP contribution in [0.25, 0.3) is 0 Å². The summed E-state index contributed by atoms with van der Waals surface area (Å²) in [5.41, 5.74) is 1.26. The second-order valence-corrected chi connectivity index (χ2v) is 4.85. The molecule has 0 amide bonds. The number of thiophene rings is 1. The zero-order valence-electron chi connectivity index (χ0n) is 7.54. The highest BCUT2D eigenvalue weighted by Gasteiger charge is 2.19. The number of fused-ring (bicyclic) bond motifs is 1. The summed E-state index contributed by atoms with van der Waals surface area (Å²) in [5, 5.41) is 8.81. The lowest BCUT2D eigenvalue weighted by Gasteiger charge is -2.16. The predicted molar refractivity (Wildman–Crippen MR) is 52.5 cm³/mol. The Morgan fingerprint density at radius 3 is 3.15 bits per heavy atom. The normalized spacial score (nSPS) is 21.2. The second kappa shape index (κ2) is 3.14. The quantitative estimate of drug-likeness (QED) is 0.749. The number of hydrogen-bond acceptors (Lipinski definition) is 2. The number of hydrogen-bond donors (Lipinski definition) is 1. The molecule has 70 valence electrons. The van der Waals surface area contributed by atoms with E-state index in [9.17, 15) is 4.79 Å². The SMILES string of the molecule is C[C@@H]1CCc2cc(C(=O)O)sc2C1. The van der Waals surface area contributed by atoms with Crippen LogP contribution in [0.1, 0.15) is 33.5 Å². The van der Waals surface area contributed by atoms with Crippen LogP contribution in [0.5, 0.6) is 0 Å². The molecule has 0 saturated heterocycles. The Bertz CT molecular complexity index is 341. The van der Waals surface area contributed by atoms with E-state index < -0.39 is 5.97 Å². The summed E-state index contributed by atoms with van der Waals surface area (Å²) in [7, 11) is 0. The van der Waals surface area contributed by atoms with E-state index in [1.807, 2.05) is 6.07 Å². The fraction of sp³-hybridized carbons (Fsp3) is 0.500. The third-order valence-corrected chi connectivity index (χ3v) is 3.74. The van der Waals surface area contributed by atoms with E-state index in [1.54, 1.807) is 0 Å². The van der Waals surface area contributed by atoms with Gasteiger partial charge in [-0.3, -0.25) is 0 Å². The highest BCUT2D eigenvalue weighted by Crippen LogP contribution is 2.32. The summed E-state index contributed by atoms with van der Waals surface area (Å²) in [6, 6.07) is 1.84. The van der Waals surface area contributed by atoms with Crippen molar-refractivity contribution in [3.8, 4) is 0 Å². The highest BCUT2D eigenvalue weighted by molar-refractivity contribution is 7.14. The van der Waals surface area contributed by atoms with Gasteiger partial charge in [-0.15, -0.1) is 11.3 Å². The number of carboxylic acid groups (broad SMARTS) is 1. The van der Waals surface area contributed by atoms with E-state index in [1.165, 1.54) is 28.2 Å². The monoisotopic (exact) mass is 196 g/mol. The molecule has 1 aromatic heterocycles. The molecular formula is C10H12O2S. The van der Waals surface area contributed by atoms with Gasteiger partial charge in [0.15, 0.2) is 0 Å². The molecule has 3 heteroatoms. The third-order valence-electron chi connectivity index (χ3n) is 2.55. The molecule has 2 rings (SSSR count). The molecule has 1 aliphatic rings. The van der Waals surface area contributed by atoms with Gasteiger partial charge in [-0.1, -0.05) is 6.92 Å². The van der Waals surface area contributed by atoms with Gasteiger partial charge in [-0.25, -0.2) is 4.79 Å². The fourth-order valence-corrected chi connectivity index (χ4v) is 2.99. The molecule has 1 aliphatic carbocycles. The lowest BCUT2D eigenvalue weighted by atomic mass is 9.90. The van der Waals surface area contributed by atoms with Crippen molar-refractivity contribution in [2.24, 2.45) is 5.92 Å². The Kier molecular flexibility index (Phi) is 2.12. The largest absolute Gasteiger partial charge is 0.477 e. The Labute approximate surface area is 81.2 Å². The molecule has 1 aromatic rings. The van der Waals surface area contributed by atoms with Crippen molar-refractivity contribution >= 4 is 17.3 Å². The zero-order valence-corrected chi connectivity index (χ0v) is 8.36. The average molecular weight is 196 g/mol. The van der Waals surface area contributed by atoms with Crippen LogP contribution in [0, 0.1) is 5.92 Å². The molecule has 0 bridgehead atoms. The van der Waals surface area contributed by atoms with Gasteiger partial charge in [0, 0.05) is 4.88 Å². The minimum absolute atomic E-state index is 0.499. The van der Waals surface area contributed by atoms with Gasteiger partial charge in [0.1, 0.15) is 4.88 Å². The Hall–Kier alpha value is -0.830. The summed E-state index contributed by atoms with van der Waals surface area (Å²) >= 11 is 1.45. The number of rotatable bonds is 1. The lowest BCUT2D eigenvalue weighted by molar-refractivity contribution is 0.0702. The molecule has 0 radical (unpaired) electrons. The molecule has 13 heavy (non-hydrogen) atoms. The van der Waals surface area contributed by atoms with Crippen molar-refractivity contribution in [1.29, 1.82) is 0 Å².